The molecule has 0 unspecified atom stereocenters. The number of hydrogen-bond acceptors (Lipinski definition) is 3. The molecule has 4 rings (SSSR count). The fraction of sp³-hybridized carbons (Fsp3) is 0.417. The number of benzene rings is 2. The average Bonchev–Trinajstić information content (AvgIpc) is 3.17. The molecule has 2 saturated heterocycles. The Morgan fingerprint density at radius 2 is 1.64 bits per heavy atom. The number of aryl methyl sites for hydroxylation is 2. The molecule has 0 aliphatic carbocycles. The van der Waals surface area contributed by atoms with Crippen molar-refractivity contribution in [1.29, 1.82) is 0 Å². The lowest BCUT2D eigenvalue weighted by molar-refractivity contribution is 0.0605. The van der Waals surface area contributed by atoms with Gasteiger partial charge < -0.3 is 10.2 Å². The zero-order chi connectivity index (χ0) is 19.7. The van der Waals surface area contributed by atoms with Gasteiger partial charge in [-0.2, -0.15) is 0 Å². The summed E-state index contributed by atoms with van der Waals surface area (Å²) in [5, 5.41) is 3.46. The summed E-state index contributed by atoms with van der Waals surface area (Å²) in [5.74, 6) is -0.103. The van der Waals surface area contributed by atoms with Crippen LogP contribution in [0, 0.1) is 19.3 Å². The Labute approximate surface area is 166 Å². The smallest absolute Gasteiger partial charge is 0.254 e. The van der Waals surface area contributed by atoms with Gasteiger partial charge in [-0.05, 0) is 68.3 Å². The Morgan fingerprint density at radius 1 is 0.929 bits per heavy atom. The first-order valence-electron chi connectivity index (χ1n) is 10.2. The molecule has 0 radical (unpaired) electrons. The maximum absolute atomic E-state index is 13.2. The summed E-state index contributed by atoms with van der Waals surface area (Å²) in [6.45, 7) is 7.73. The molecule has 4 nitrogen and oxygen atoms in total. The van der Waals surface area contributed by atoms with Gasteiger partial charge in [0.15, 0.2) is 5.78 Å². The summed E-state index contributed by atoms with van der Waals surface area (Å²) < 4.78 is 0. The number of ketones is 1. The third kappa shape index (κ3) is 3.49. The minimum atomic E-state index is -0.0828. The van der Waals surface area contributed by atoms with Crippen molar-refractivity contribution in [2.45, 2.75) is 33.1 Å². The van der Waals surface area contributed by atoms with Crippen molar-refractivity contribution in [1.82, 2.24) is 10.2 Å². The topological polar surface area (TPSA) is 49.4 Å². The number of nitrogens with zero attached hydrogens (tertiary/aromatic N) is 1. The highest BCUT2D eigenvalue weighted by molar-refractivity contribution is 6.15. The van der Waals surface area contributed by atoms with Crippen LogP contribution in [0.4, 0.5) is 0 Å². The fourth-order valence-corrected chi connectivity index (χ4v) is 4.48. The fourth-order valence-electron chi connectivity index (χ4n) is 4.48. The highest BCUT2D eigenvalue weighted by Crippen LogP contribution is 2.37. The van der Waals surface area contributed by atoms with Gasteiger partial charge in [0.25, 0.3) is 5.91 Å². The third-order valence-electron chi connectivity index (χ3n) is 6.61. The Bertz CT molecular complexity index is 903. The zero-order valence-electron chi connectivity index (χ0n) is 16.8. The van der Waals surface area contributed by atoms with Gasteiger partial charge in [0.2, 0.25) is 0 Å². The Morgan fingerprint density at radius 3 is 2.29 bits per heavy atom. The van der Waals surface area contributed by atoms with E-state index in [0.717, 1.165) is 50.1 Å². The van der Waals surface area contributed by atoms with Crippen LogP contribution in [0.2, 0.25) is 0 Å². The number of amides is 1. The summed E-state index contributed by atoms with van der Waals surface area (Å²) >= 11 is 0. The summed E-state index contributed by atoms with van der Waals surface area (Å²) in [6, 6.07) is 13.0. The van der Waals surface area contributed by atoms with Crippen LogP contribution >= 0.6 is 0 Å². The Balaban J connectivity index is 1.56. The molecule has 0 saturated carbocycles. The average molecular weight is 377 g/mol. The summed E-state index contributed by atoms with van der Waals surface area (Å²) in [7, 11) is 0. The zero-order valence-corrected chi connectivity index (χ0v) is 16.8. The lowest BCUT2D eigenvalue weighted by Gasteiger charge is -2.39. The molecular formula is C24H28N2O2. The van der Waals surface area contributed by atoms with Crippen molar-refractivity contribution in [3.63, 3.8) is 0 Å². The molecular weight excluding hydrogens is 348 g/mol. The number of nitrogens with one attached hydrogen (secondary N) is 1. The highest BCUT2D eigenvalue weighted by Gasteiger charge is 2.38. The van der Waals surface area contributed by atoms with Crippen LogP contribution in [0.3, 0.4) is 0 Å². The van der Waals surface area contributed by atoms with E-state index in [1.54, 1.807) is 12.1 Å². The molecule has 1 spiro atoms. The van der Waals surface area contributed by atoms with E-state index in [-0.39, 0.29) is 11.7 Å². The van der Waals surface area contributed by atoms with E-state index >= 15 is 0 Å². The van der Waals surface area contributed by atoms with Crippen LogP contribution in [0.25, 0.3) is 0 Å². The van der Waals surface area contributed by atoms with Gasteiger partial charge in [-0.3, -0.25) is 9.59 Å². The number of hydrogen-bond donors (Lipinski definition) is 1. The normalized spacial score (nSPS) is 18.4. The van der Waals surface area contributed by atoms with E-state index in [2.05, 4.69) is 5.32 Å². The Kier molecular flexibility index (Phi) is 5.07. The van der Waals surface area contributed by atoms with Gasteiger partial charge in [-0.1, -0.05) is 30.3 Å². The molecule has 28 heavy (non-hydrogen) atoms. The van der Waals surface area contributed by atoms with Crippen LogP contribution in [0.5, 0.6) is 0 Å². The molecule has 4 heteroatoms. The largest absolute Gasteiger partial charge is 0.339 e. The lowest BCUT2D eigenvalue weighted by atomic mass is 9.77. The second-order valence-electron chi connectivity index (χ2n) is 8.39. The van der Waals surface area contributed by atoms with E-state index in [4.69, 9.17) is 0 Å². The lowest BCUT2D eigenvalue weighted by Crippen LogP contribution is -2.44. The number of rotatable bonds is 3. The molecule has 2 aliphatic heterocycles. The van der Waals surface area contributed by atoms with Gasteiger partial charge in [-0.25, -0.2) is 0 Å². The van der Waals surface area contributed by atoms with Crippen molar-refractivity contribution < 1.29 is 9.59 Å². The van der Waals surface area contributed by atoms with E-state index in [1.165, 1.54) is 6.42 Å². The quantitative estimate of drug-likeness (QED) is 0.830. The molecule has 0 aromatic heterocycles. The SMILES string of the molecule is Cc1ccc(C(=O)c2ccccc2C(=O)N2CCC3(CCNC3)CC2)cc1C. The van der Waals surface area contributed by atoms with Crippen LogP contribution in [-0.4, -0.2) is 42.8 Å². The third-order valence-corrected chi connectivity index (χ3v) is 6.61. The molecule has 2 heterocycles. The van der Waals surface area contributed by atoms with E-state index < -0.39 is 0 Å². The Hall–Kier alpha value is -2.46. The standard InChI is InChI=1S/C24H28N2O2/c1-17-7-8-19(15-18(17)2)22(27)20-5-3-4-6-21(20)23(28)26-13-10-24(11-14-26)9-12-25-16-24/h3-8,15,25H,9-14,16H2,1-2H3. The number of carbonyl (C=O) groups excluding carboxylic acids is 2. The minimum Gasteiger partial charge on any atom is -0.339 e. The summed E-state index contributed by atoms with van der Waals surface area (Å²) in [5.41, 5.74) is 4.26. The predicted molar refractivity (Wildman–Crippen MR) is 111 cm³/mol. The van der Waals surface area contributed by atoms with E-state index in [9.17, 15) is 9.59 Å². The van der Waals surface area contributed by atoms with Gasteiger partial charge in [0.1, 0.15) is 0 Å². The number of likely N-dealkylation sites (tertiary alicyclic amines) is 1. The molecule has 2 aromatic rings. The van der Waals surface area contributed by atoms with E-state index in [1.807, 2.05) is 49.1 Å². The van der Waals surface area contributed by atoms with Crippen molar-refractivity contribution >= 4 is 11.7 Å². The molecule has 1 N–H and O–H groups in total. The first-order chi connectivity index (χ1) is 13.5. The molecule has 2 fully saturated rings. The maximum atomic E-state index is 13.2. The van der Waals surface area contributed by atoms with Crippen molar-refractivity contribution in [2.24, 2.45) is 5.41 Å². The first kappa shape index (κ1) is 18.9. The summed E-state index contributed by atoms with van der Waals surface area (Å²) in [6.07, 6.45) is 3.29. The van der Waals surface area contributed by atoms with Crippen molar-refractivity contribution in [3.8, 4) is 0 Å². The van der Waals surface area contributed by atoms with Gasteiger partial charge in [-0.15, -0.1) is 0 Å². The molecule has 0 atom stereocenters. The molecule has 2 aliphatic rings. The monoisotopic (exact) mass is 376 g/mol. The second kappa shape index (κ2) is 7.51. The van der Waals surface area contributed by atoms with Crippen LogP contribution in [-0.2, 0) is 0 Å². The minimum absolute atomic E-state index is 0.0198. The molecule has 0 bridgehead atoms. The van der Waals surface area contributed by atoms with Crippen LogP contribution < -0.4 is 5.32 Å². The first-order valence-corrected chi connectivity index (χ1v) is 10.2. The van der Waals surface area contributed by atoms with E-state index in [0.29, 0.717) is 22.1 Å². The highest BCUT2D eigenvalue weighted by atomic mass is 16.2. The summed E-state index contributed by atoms with van der Waals surface area (Å²) in [4.78, 5) is 28.3. The molecule has 2 aromatic carbocycles. The van der Waals surface area contributed by atoms with Crippen molar-refractivity contribution in [3.05, 3.63) is 70.3 Å². The molecule has 146 valence electrons. The van der Waals surface area contributed by atoms with Gasteiger partial charge in [0, 0.05) is 30.8 Å². The maximum Gasteiger partial charge on any atom is 0.254 e. The van der Waals surface area contributed by atoms with Crippen LogP contribution in [0.1, 0.15) is 56.7 Å². The molecule has 1 amide bonds. The number of carbonyl (C=O) groups is 2. The second-order valence-corrected chi connectivity index (χ2v) is 8.39. The van der Waals surface area contributed by atoms with Gasteiger partial charge >= 0.3 is 0 Å². The van der Waals surface area contributed by atoms with Gasteiger partial charge in [0.05, 0.1) is 5.56 Å². The van der Waals surface area contributed by atoms with Crippen molar-refractivity contribution in [2.75, 3.05) is 26.2 Å². The van der Waals surface area contributed by atoms with Crippen LogP contribution in [0.15, 0.2) is 42.5 Å². The predicted octanol–water partition coefficient (Wildman–Crippen LogP) is 3.75. The number of piperidine rings is 1.